The Hall–Kier alpha value is -6.92. The van der Waals surface area contributed by atoms with Gasteiger partial charge in [0.1, 0.15) is 0 Å². The SMILES string of the molecule is C=CC1=C(C=C)C(C)(C)c2c1ccc1c2c2ccc3c(c2n1-c1ccc2c(c1)c1ccccc1n2-c1ccc2c(c1)c1ccccc1n2/C(C=C)=C/C=C\C)Sc1ccccc1S3. The molecule has 0 unspecified atom stereocenters. The minimum absolute atomic E-state index is 0.259. The van der Waals surface area contributed by atoms with Gasteiger partial charge in [-0.15, -0.1) is 0 Å². The molecule has 10 aromatic rings. The Morgan fingerprint density at radius 1 is 0.571 bits per heavy atom. The standard InChI is InChI=1S/C58H43N3S2/c1-7-11-18-35(8-2)59-46-21-14-12-19-39(46)43-33-36(25-29-48(43)59)60-47-22-15-13-20-40(47)44-34-37(26-30-49(44)60)61-50-31-27-41-38(9-3)45(10-4)58(5,6)55(41)54(50)42-28-32-53-57(56(42)61)63-52-24-17-16-23-51(52)62-53/h7-34H,2-4H2,1,5-6H3/b11-7-,35-18+. The quantitative estimate of drug-likeness (QED) is 0.148. The second kappa shape index (κ2) is 14.0. The largest absolute Gasteiger partial charge is 0.309 e. The smallest absolute Gasteiger partial charge is 0.0692 e. The van der Waals surface area contributed by atoms with Crippen molar-refractivity contribution >= 4 is 100 Å². The molecule has 0 radical (unpaired) electrons. The molecule has 0 saturated carbocycles. The van der Waals surface area contributed by atoms with Crippen LogP contribution < -0.4 is 0 Å². The molecule has 0 bridgehead atoms. The first-order valence-corrected chi connectivity index (χ1v) is 23.1. The summed E-state index contributed by atoms with van der Waals surface area (Å²) in [6.45, 7) is 19.5. The number of aromatic nitrogens is 3. The molecule has 3 aromatic heterocycles. The zero-order valence-corrected chi connectivity index (χ0v) is 37.1. The third-order valence-electron chi connectivity index (χ3n) is 13.3. The topological polar surface area (TPSA) is 14.8 Å². The highest BCUT2D eigenvalue weighted by molar-refractivity contribution is 8.05. The summed E-state index contributed by atoms with van der Waals surface area (Å²) in [6, 6.07) is 49.7. The Morgan fingerprint density at radius 2 is 1.19 bits per heavy atom. The van der Waals surface area contributed by atoms with Gasteiger partial charge in [0.2, 0.25) is 0 Å². The average molecular weight is 846 g/mol. The van der Waals surface area contributed by atoms with Crippen LogP contribution in [0.3, 0.4) is 0 Å². The van der Waals surface area contributed by atoms with Crippen LogP contribution in [0.15, 0.2) is 215 Å². The third kappa shape index (κ3) is 5.24. The Balaban J connectivity index is 1.12. The first-order chi connectivity index (χ1) is 30.9. The summed E-state index contributed by atoms with van der Waals surface area (Å²) < 4.78 is 7.31. The van der Waals surface area contributed by atoms with Gasteiger partial charge in [0.05, 0.1) is 38.0 Å². The lowest BCUT2D eigenvalue weighted by Gasteiger charge is -2.24. The van der Waals surface area contributed by atoms with Crippen LogP contribution in [0.4, 0.5) is 0 Å². The monoisotopic (exact) mass is 845 g/mol. The number of rotatable bonds is 7. The Labute approximate surface area is 375 Å². The first-order valence-electron chi connectivity index (χ1n) is 21.5. The Bertz CT molecular complexity index is 3780. The van der Waals surface area contributed by atoms with E-state index in [0.717, 1.165) is 28.1 Å². The summed E-state index contributed by atoms with van der Waals surface area (Å²) in [5.41, 5.74) is 15.1. The normalized spacial score (nSPS) is 14.7. The van der Waals surface area contributed by atoms with E-state index in [4.69, 9.17) is 0 Å². The molecule has 1 aliphatic carbocycles. The van der Waals surface area contributed by atoms with E-state index in [-0.39, 0.29) is 5.41 Å². The lowest BCUT2D eigenvalue weighted by Crippen LogP contribution is -2.16. The molecule has 2 aliphatic rings. The molecule has 7 aromatic carbocycles. The molecule has 0 spiro atoms. The van der Waals surface area contributed by atoms with Crippen molar-refractivity contribution in [3.63, 3.8) is 0 Å². The van der Waals surface area contributed by atoms with E-state index >= 15 is 0 Å². The van der Waals surface area contributed by atoms with Crippen molar-refractivity contribution in [2.45, 2.75) is 45.8 Å². The van der Waals surface area contributed by atoms with Gasteiger partial charge < -0.3 is 13.7 Å². The van der Waals surface area contributed by atoms with Crippen LogP contribution in [0.1, 0.15) is 31.9 Å². The van der Waals surface area contributed by atoms with Crippen molar-refractivity contribution in [3.8, 4) is 11.4 Å². The maximum absolute atomic E-state index is 4.29. The molecule has 12 rings (SSSR count). The molecule has 4 heterocycles. The van der Waals surface area contributed by atoms with Crippen LogP contribution in [0.25, 0.3) is 88.1 Å². The van der Waals surface area contributed by atoms with Gasteiger partial charge in [-0.2, -0.15) is 0 Å². The lowest BCUT2D eigenvalue weighted by atomic mass is 9.79. The van der Waals surface area contributed by atoms with Crippen LogP contribution in [-0.4, -0.2) is 13.7 Å². The maximum Gasteiger partial charge on any atom is 0.0692 e. The van der Waals surface area contributed by atoms with Gasteiger partial charge in [-0.25, -0.2) is 0 Å². The average Bonchev–Trinajstić information content (AvgIpc) is 4.01. The van der Waals surface area contributed by atoms with Crippen molar-refractivity contribution in [2.24, 2.45) is 0 Å². The van der Waals surface area contributed by atoms with Crippen molar-refractivity contribution in [1.82, 2.24) is 13.7 Å². The number of nitrogens with zero attached hydrogens (tertiary/aromatic N) is 3. The van der Waals surface area contributed by atoms with Gasteiger partial charge in [-0.3, -0.25) is 0 Å². The zero-order chi connectivity index (χ0) is 42.7. The summed E-state index contributed by atoms with van der Waals surface area (Å²) >= 11 is 3.77. The molecule has 0 saturated heterocycles. The van der Waals surface area contributed by atoms with Gasteiger partial charge in [0.15, 0.2) is 0 Å². The number of benzene rings is 7. The number of allylic oxidation sites excluding steroid dienone is 9. The molecule has 0 fully saturated rings. The molecule has 0 atom stereocenters. The highest BCUT2D eigenvalue weighted by Crippen LogP contribution is 2.56. The fourth-order valence-corrected chi connectivity index (χ4v) is 13.1. The van der Waals surface area contributed by atoms with Crippen molar-refractivity contribution in [1.29, 1.82) is 0 Å². The second-order valence-corrected chi connectivity index (χ2v) is 19.1. The summed E-state index contributed by atoms with van der Waals surface area (Å²) in [7, 11) is 0. The highest BCUT2D eigenvalue weighted by atomic mass is 32.2. The lowest BCUT2D eigenvalue weighted by molar-refractivity contribution is 0.661. The van der Waals surface area contributed by atoms with E-state index in [1.807, 2.05) is 48.7 Å². The van der Waals surface area contributed by atoms with Crippen LogP contribution in [0.2, 0.25) is 0 Å². The predicted octanol–water partition coefficient (Wildman–Crippen LogP) is 16.6. The predicted molar refractivity (Wildman–Crippen MR) is 272 cm³/mol. The summed E-state index contributed by atoms with van der Waals surface area (Å²) in [6.07, 6.45) is 12.2. The zero-order valence-electron chi connectivity index (χ0n) is 35.4. The number of fused-ring (bicyclic) bond motifs is 14. The van der Waals surface area contributed by atoms with Crippen molar-refractivity contribution in [3.05, 3.63) is 206 Å². The summed E-state index contributed by atoms with van der Waals surface area (Å²) in [4.78, 5) is 5.18. The van der Waals surface area contributed by atoms with E-state index in [1.54, 1.807) is 0 Å². The highest BCUT2D eigenvalue weighted by Gasteiger charge is 2.39. The van der Waals surface area contributed by atoms with E-state index in [0.29, 0.717) is 0 Å². The second-order valence-electron chi connectivity index (χ2n) is 16.9. The number of hydrogen-bond acceptors (Lipinski definition) is 2. The minimum atomic E-state index is -0.259. The fraction of sp³-hybridized carbons (Fsp3) is 0.0690. The molecule has 1 aliphatic heterocycles. The first kappa shape index (κ1) is 37.8. The van der Waals surface area contributed by atoms with Gasteiger partial charge in [0.25, 0.3) is 0 Å². The van der Waals surface area contributed by atoms with Crippen molar-refractivity contribution < 1.29 is 0 Å². The molecule has 63 heavy (non-hydrogen) atoms. The Kier molecular flexibility index (Phi) is 8.43. The van der Waals surface area contributed by atoms with Gasteiger partial charge >= 0.3 is 0 Å². The molecule has 0 N–H and O–H groups in total. The third-order valence-corrected chi connectivity index (χ3v) is 15.9. The molecule has 0 amide bonds. The van der Waals surface area contributed by atoms with Gasteiger partial charge in [0, 0.05) is 69.5 Å². The van der Waals surface area contributed by atoms with E-state index in [1.165, 1.54) is 96.2 Å². The van der Waals surface area contributed by atoms with Crippen LogP contribution in [-0.2, 0) is 5.41 Å². The molecular formula is C58H43N3S2. The van der Waals surface area contributed by atoms with Crippen LogP contribution in [0, 0.1) is 0 Å². The molecule has 5 heteroatoms. The summed E-state index contributed by atoms with van der Waals surface area (Å²) in [5, 5.41) is 7.42. The van der Waals surface area contributed by atoms with E-state index < -0.39 is 0 Å². The minimum Gasteiger partial charge on any atom is -0.309 e. The molecular weight excluding hydrogens is 803 g/mol. The Morgan fingerprint density at radius 3 is 1.92 bits per heavy atom. The van der Waals surface area contributed by atoms with E-state index in [9.17, 15) is 0 Å². The fourth-order valence-electron chi connectivity index (χ4n) is 10.7. The molecule has 3 nitrogen and oxygen atoms in total. The van der Waals surface area contributed by atoms with E-state index in [2.05, 4.69) is 199 Å². The number of para-hydroxylation sites is 2. The van der Waals surface area contributed by atoms with Crippen LogP contribution >= 0.6 is 23.5 Å². The van der Waals surface area contributed by atoms with Gasteiger partial charge in [-0.05, 0) is 114 Å². The maximum atomic E-state index is 4.29. The number of hydrogen-bond donors (Lipinski definition) is 0. The van der Waals surface area contributed by atoms with Crippen molar-refractivity contribution in [2.75, 3.05) is 0 Å². The summed E-state index contributed by atoms with van der Waals surface area (Å²) in [5.74, 6) is 0. The van der Waals surface area contributed by atoms with Crippen LogP contribution in [0.5, 0.6) is 0 Å². The van der Waals surface area contributed by atoms with Gasteiger partial charge in [-0.1, -0.05) is 142 Å². The molecule has 302 valence electrons.